The van der Waals surface area contributed by atoms with Crippen LogP contribution in [0.5, 0.6) is 17.2 Å². The minimum Gasteiger partial charge on any atom is -0.508 e. The Labute approximate surface area is 209 Å². The summed E-state index contributed by atoms with van der Waals surface area (Å²) in [6.07, 6.45) is 3.79. The molecule has 6 aromatic rings. The summed E-state index contributed by atoms with van der Waals surface area (Å²) in [6, 6.07) is 27.1. The van der Waals surface area contributed by atoms with Gasteiger partial charge in [-0.15, -0.1) is 0 Å². The molecule has 0 saturated carbocycles. The number of halogens is 3. The molecule has 0 spiro atoms. The third kappa shape index (κ3) is 6.49. The van der Waals surface area contributed by atoms with Crippen molar-refractivity contribution >= 4 is 37.7 Å². The van der Waals surface area contributed by atoms with Gasteiger partial charge in [-0.2, -0.15) is 0 Å². The fraction of sp³-hybridized carbons (Fsp3) is 0. The van der Waals surface area contributed by atoms with Gasteiger partial charge in [-0.3, -0.25) is 0 Å². The number of H-pyrrole nitrogens is 2. The second-order valence-corrected chi connectivity index (χ2v) is 8.27. The molecule has 0 radical (unpaired) electrons. The second-order valence-electron chi connectivity index (χ2n) is 7.41. The normalized spacial score (nSPS) is 10.3. The summed E-state index contributed by atoms with van der Waals surface area (Å²) in [5, 5.41) is 10.8. The lowest BCUT2D eigenvalue weighted by molar-refractivity contribution is 0.469. The van der Waals surface area contributed by atoms with Gasteiger partial charge in [0.15, 0.2) is 0 Å². The zero-order chi connectivity index (χ0) is 24.6. The highest BCUT2D eigenvalue weighted by Crippen LogP contribution is 2.29. The van der Waals surface area contributed by atoms with Crippen LogP contribution in [0.3, 0.4) is 0 Å². The van der Waals surface area contributed by atoms with E-state index in [0.29, 0.717) is 11.5 Å². The quantitative estimate of drug-likeness (QED) is 0.208. The predicted molar refractivity (Wildman–Crippen MR) is 139 cm³/mol. The molecule has 176 valence electrons. The summed E-state index contributed by atoms with van der Waals surface area (Å²) in [6.45, 7) is 0. The lowest BCUT2D eigenvalue weighted by Gasteiger charge is -2.06. The molecule has 0 saturated heterocycles. The Hall–Kier alpha value is -4.10. The zero-order valence-corrected chi connectivity index (χ0v) is 20.0. The molecule has 0 unspecified atom stereocenters. The van der Waals surface area contributed by atoms with E-state index in [4.69, 9.17) is 9.84 Å². The van der Waals surface area contributed by atoms with E-state index in [2.05, 4.69) is 38.0 Å². The molecule has 0 aliphatic carbocycles. The molecule has 0 amide bonds. The minimum absolute atomic E-state index is 0.0370. The maximum absolute atomic E-state index is 13.0. The molecule has 4 nitrogen and oxygen atoms in total. The average Bonchev–Trinajstić information content (AvgIpc) is 3.51. The Morgan fingerprint density at radius 2 is 1.26 bits per heavy atom. The predicted octanol–water partition coefficient (Wildman–Crippen LogP) is 8.56. The lowest BCUT2D eigenvalue weighted by Crippen LogP contribution is -1.85. The first kappa shape index (κ1) is 24.0. The first-order valence-electron chi connectivity index (χ1n) is 10.7. The lowest BCUT2D eigenvalue weighted by atomic mass is 10.2. The molecule has 0 fully saturated rings. The Morgan fingerprint density at radius 3 is 1.89 bits per heavy atom. The van der Waals surface area contributed by atoms with Crippen molar-refractivity contribution in [2.45, 2.75) is 0 Å². The fourth-order valence-electron chi connectivity index (χ4n) is 3.33. The van der Waals surface area contributed by atoms with Gasteiger partial charge in [0.1, 0.15) is 28.9 Å². The summed E-state index contributed by atoms with van der Waals surface area (Å²) in [5.41, 5.74) is 2.17. The van der Waals surface area contributed by atoms with Crippen LogP contribution in [0.25, 0.3) is 21.8 Å². The Morgan fingerprint density at radius 1 is 0.657 bits per heavy atom. The number of nitrogens with one attached hydrogen (secondary N) is 2. The Kier molecular flexibility index (Phi) is 7.80. The van der Waals surface area contributed by atoms with E-state index in [1.807, 2.05) is 48.8 Å². The van der Waals surface area contributed by atoms with Crippen molar-refractivity contribution < 1.29 is 18.6 Å². The fourth-order valence-corrected chi connectivity index (χ4v) is 3.82. The summed E-state index contributed by atoms with van der Waals surface area (Å²) >= 11 is 3.46. The monoisotopic (exact) mass is 534 g/mol. The molecule has 2 heterocycles. The molecule has 0 aliphatic heterocycles. The molecule has 2 aromatic heterocycles. The SMILES string of the molecule is Brc1cccc2[nH]ccc12.Fc1cccc(Oc2cccc3[nH]ccc23)c1.Oc1cccc(F)c1. The van der Waals surface area contributed by atoms with Gasteiger partial charge in [0, 0.05) is 50.8 Å². The molecule has 35 heavy (non-hydrogen) atoms. The standard InChI is InChI=1S/C14H10FNO.C8H6BrN.C6H5FO/c15-10-3-1-4-11(9-10)17-14-6-2-5-13-12(14)7-8-16-13;9-7-2-1-3-8-6(7)4-5-10-8;7-5-2-1-3-6(8)4-5/h1-9,16H;1-5,10H;1-4,8H. The molecular formula is C28H21BrF2N2O2. The van der Waals surface area contributed by atoms with E-state index in [9.17, 15) is 8.78 Å². The Bertz CT molecular complexity index is 1530. The maximum Gasteiger partial charge on any atom is 0.136 e. The second kappa shape index (κ2) is 11.4. The number of hydrogen-bond donors (Lipinski definition) is 3. The topological polar surface area (TPSA) is 61.0 Å². The summed E-state index contributed by atoms with van der Waals surface area (Å²) in [4.78, 5) is 6.23. The van der Waals surface area contributed by atoms with Crippen LogP contribution in [0, 0.1) is 11.6 Å². The number of phenolic OH excluding ortho intramolecular Hbond substituents is 1. The molecular weight excluding hydrogens is 514 g/mol. The number of aromatic nitrogens is 2. The van der Waals surface area contributed by atoms with E-state index >= 15 is 0 Å². The summed E-state index contributed by atoms with van der Waals surface area (Å²) in [5.74, 6) is 0.465. The van der Waals surface area contributed by atoms with E-state index in [1.165, 1.54) is 41.2 Å². The van der Waals surface area contributed by atoms with Crippen LogP contribution in [0.2, 0.25) is 0 Å². The van der Waals surface area contributed by atoms with Gasteiger partial charge < -0.3 is 19.8 Å². The van der Waals surface area contributed by atoms with Gasteiger partial charge >= 0.3 is 0 Å². The highest BCUT2D eigenvalue weighted by atomic mass is 79.9. The number of aromatic amines is 2. The third-order valence-electron chi connectivity index (χ3n) is 4.93. The van der Waals surface area contributed by atoms with Crippen LogP contribution in [-0.4, -0.2) is 15.1 Å². The smallest absolute Gasteiger partial charge is 0.136 e. The van der Waals surface area contributed by atoms with Crippen molar-refractivity contribution in [3.8, 4) is 17.2 Å². The van der Waals surface area contributed by atoms with Gasteiger partial charge in [0.25, 0.3) is 0 Å². The minimum atomic E-state index is -0.412. The van der Waals surface area contributed by atoms with Crippen molar-refractivity contribution in [3.63, 3.8) is 0 Å². The molecule has 0 aliphatic rings. The largest absolute Gasteiger partial charge is 0.508 e. The highest BCUT2D eigenvalue weighted by Gasteiger charge is 2.04. The van der Waals surface area contributed by atoms with Gasteiger partial charge in [0.05, 0.1) is 0 Å². The van der Waals surface area contributed by atoms with E-state index in [0.717, 1.165) is 21.4 Å². The first-order valence-corrected chi connectivity index (χ1v) is 11.4. The highest BCUT2D eigenvalue weighted by molar-refractivity contribution is 9.10. The molecule has 7 heteroatoms. The van der Waals surface area contributed by atoms with Crippen LogP contribution >= 0.6 is 15.9 Å². The third-order valence-corrected chi connectivity index (χ3v) is 5.62. The molecule has 3 N–H and O–H groups in total. The number of aromatic hydroxyl groups is 1. The average molecular weight is 535 g/mol. The van der Waals surface area contributed by atoms with Crippen LogP contribution in [-0.2, 0) is 0 Å². The van der Waals surface area contributed by atoms with Crippen molar-refractivity contribution in [2.75, 3.05) is 0 Å². The van der Waals surface area contributed by atoms with E-state index in [-0.39, 0.29) is 11.6 Å². The van der Waals surface area contributed by atoms with Crippen LogP contribution in [0.1, 0.15) is 0 Å². The summed E-state index contributed by atoms with van der Waals surface area (Å²) in [7, 11) is 0. The maximum atomic E-state index is 13.0. The number of hydrogen-bond acceptors (Lipinski definition) is 2. The van der Waals surface area contributed by atoms with Gasteiger partial charge in [-0.25, -0.2) is 8.78 Å². The summed E-state index contributed by atoms with van der Waals surface area (Å²) < 4.78 is 31.9. The molecule has 6 rings (SSSR count). The van der Waals surface area contributed by atoms with Gasteiger partial charge in [0.2, 0.25) is 0 Å². The van der Waals surface area contributed by atoms with Gasteiger partial charge in [-0.05, 0) is 60.7 Å². The van der Waals surface area contributed by atoms with Gasteiger partial charge in [-0.1, -0.05) is 40.2 Å². The number of phenols is 1. The number of ether oxygens (including phenoxy) is 1. The van der Waals surface area contributed by atoms with Crippen LogP contribution < -0.4 is 4.74 Å². The Balaban J connectivity index is 0.000000136. The number of rotatable bonds is 2. The van der Waals surface area contributed by atoms with Crippen molar-refractivity contribution in [2.24, 2.45) is 0 Å². The van der Waals surface area contributed by atoms with E-state index in [1.54, 1.807) is 12.1 Å². The van der Waals surface area contributed by atoms with Crippen molar-refractivity contribution in [1.29, 1.82) is 0 Å². The first-order chi connectivity index (χ1) is 17.0. The zero-order valence-electron chi connectivity index (χ0n) is 18.4. The molecule has 0 bridgehead atoms. The van der Waals surface area contributed by atoms with Crippen molar-refractivity contribution in [3.05, 3.63) is 126 Å². The van der Waals surface area contributed by atoms with Crippen molar-refractivity contribution in [1.82, 2.24) is 9.97 Å². The number of fused-ring (bicyclic) bond motifs is 2. The van der Waals surface area contributed by atoms with Crippen LogP contribution in [0.15, 0.2) is 114 Å². The van der Waals surface area contributed by atoms with Crippen LogP contribution in [0.4, 0.5) is 8.78 Å². The molecule has 4 aromatic carbocycles. The number of benzene rings is 4. The molecule has 0 atom stereocenters. The van der Waals surface area contributed by atoms with E-state index < -0.39 is 5.82 Å².